The van der Waals surface area contributed by atoms with Crippen molar-refractivity contribution < 1.29 is 4.74 Å². The summed E-state index contributed by atoms with van der Waals surface area (Å²) in [6.45, 7) is 4.75. The smallest absolute Gasteiger partial charge is 0.229 e. The van der Waals surface area contributed by atoms with Crippen LogP contribution in [0.2, 0.25) is 5.15 Å². The summed E-state index contributed by atoms with van der Waals surface area (Å²) in [5.74, 6) is 1.17. The molecule has 0 spiro atoms. The van der Waals surface area contributed by atoms with Gasteiger partial charge in [0.15, 0.2) is 17.0 Å². The molecule has 0 saturated carbocycles. The Hall–Kier alpha value is -3.56. The second-order valence-electron chi connectivity index (χ2n) is 7.38. The molecule has 0 radical (unpaired) electrons. The zero-order valence-corrected chi connectivity index (χ0v) is 18.2. The molecule has 4 aromatic rings. The molecule has 10 heteroatoms. The number of anilines is 3. The van der Waals surface area contributed by atoms with Gasteiger partial charge in [0.1, 0.15) is 11.5 Å². The molecule has 0 amide bonds. The molecule has 1 N–H and O–H groups in total. The number of halogens is 1. The van der Waals surface area contributed by atoms with Gasteiger partial charge in [-0.1, -0.05) is 41.4 Å². The van der Waals surface area contributed by atoms with E-state index in [-0.39, 0.29) is 0 Å². The SMILES string of the molecule is Cc1cccc(/C=N/n2cnc3c(Nc4ccnc(Cl)c4)nc(N4CCOCC4)nc32)c1. The van der Waals surface area contributed by atoms with Gasteiger partial charge in [0.25, 0.3) is 0 Å². The zero-order valence-electron chi connectivity index (χ0n) is 17.4. The minimum Gasteiger partial charge on any atom is -0.378 e. The quantitative estimate of drug-likeness (QED) is 0.368. The largest absolute Gasteiger partial charge is 0.378 e. The Bertz CT molecular complexity index is 1280. The Kier molecular flexibility index (Phi) is 5.66. The molecule has 0 unspecified atom stereocenters. The van der Waals surface area contributed by atoms with Crippen molar-refractivity contribution in [2.75, 3.05) is 36.5 Å². The molecule has 32 heavy (non-hydrogen) atoms. The van der Waals surface area contributed by atoms with Crippen LogP contribution in [-0.4, -0.2) is 57.1 Å². The number of morpholine rings is 1. The van der Waals surface area contributed by atoms with Gasteiger partial charge in [0, 0.05) is 25.0 Å². The molecular formula is C22H21ClN8O. The van der Waals surface area contributed by atoms with Crippen LogP contribution in [0.15, 0.2) is 54.0 Å². The van der Waals surface area contributed by atoms with Crippen molar-refractivity contribution in [3.63, 3.8) is 0 Å². The molecule has 0 atom stereocenters. The third-order valence-electron chi connectivity index (χ3n) is 5.02. The molecule has 0 bridgehead atoms. The molecule has 9 nitrogen and oxygen atoms in total. The number of benzene rings is 1. The highest BCUT2D eigenvalue weighted by molar-refractivity contribution is 6.29. The number of hydrogen-bond acceptors (Lipinski definition) is 8. The average molecular weight is 449 g/mol. The lowest BCUT2D eigenvalue weighted by Gasteiger charge is -2.27. The highest BCUT2D eigenvalue weighted by Gasteiger charge is 2.19. The first-order chi connectivity index (χ1) is 15.7. The first-order valence-corrected chi connectivity index (χ1v) is 10.6. The van der Waals surface area contributed by atoms with E-state index in [1.165, 1.54) is 5.56 Å². The first-order valence-electron chi connectivity index (χ1n) is 10.2. The number of nitrogens with zero attached hydrogens (tertiary/aromatic N) is 7. The van der Waals surface area contributed by atoms with Gasteiger partial charge in [-0.3, -0.25) is 0 Å². The molecule has 3 aromatic heterocycles. The third-order valence-corrected chi connectivity index (χ3v) is 5.23. The Labute approximate surface area is 189 Å². The minimum atomic E-state index is 0.391. The zero-order chi connectivity index (χ0) is 21.9. The van der Waals surface area contributed by atoms with Gasteiger partial charge in [-0.25, -0.2) is 14.6 Å². The van der Waals surface area contributed by atoms with Crippen molar-refractivity contribution in [2.24, 2.45) is 5.10 Å². The van der Waals surface area contributed by atoms with E-state index < -0.39 is 0 Å². The number of pyridine rings is 1. The molecule has 1 saturated heterocycles. The van der Waals surface area contributed by atoms with E-state index in [0.29, 0.717) is 54.4 Å². The molecule has 1 fully saturated rings. The maximum absolute atomic E-state index is 6.05. The summed E-state index contributed by atoms with van der Waals surface area (Å²) in [6.07, 6.45) is 5.07. The lowest BCUT2D eigenvalue weighted by atomic mass is 10.2. The summed E-state index contributed by atoms with van der Waals surface area (Å²) in [5.41, 5.74) is 4.14. The Morgan fingerprint density at radius 3 is 2.81 bits per heavy atom. The second kappa shape index (κ2) is 8.89. The molecule has 162 valence electrons. The second-order valence-corrected chi connectivity index (χ2v) is 7.77. The first kappa shape index (κ1) is 20.3. The van der Waals surface area contributed by atoms with Gasteiger partial charge in [-0.15, -0.1) is 0 Å². The topological polar surface area (TPSA) is 93.4 Å². The van der Waals surface area contributed by atoms with Crippen LogP contribution in [-0.2, 0) is 4.74 Å². The van der Waals surface area contributed by atoms with Crippen LogP contribution in [0.5, 0.6) is 0 Å². The highest BCUT2D eigenvalue weighted by atomic mass is 35.5. The average Bonchev–Trinajstić information content (AvgIpc) is 3.22. The lowest BCUT2D eigenvalue weighted by molar-refractivity contribution is 0.122. The van der Waals surface area contributed by atoms with Crippen LogP contribution >= 0.6 is 11.6 Å². The van der Waals surface area contributed by atoms with E-state index in [0.717, 1.165) is 11.3 Å². The lowest BCUT2D eigenvalue weighted by Crippen LogP contribution is -2.37. The molecule has 0 aliphatic carbocycles. The van der Waals surface area contributed by atoms with E-state index in [2.05, 4.69) is 44.3 Å². The normalized spacial score (nSPS) is 14.4. The Morgan fingerprint density at radius 2 is 2.00 bits per heavy atom. The van der Waals surface area contributed by atoms with E-state index in [1.54, 1.807) is 29.5 Å². The highest BCUT2D eigenvalue weighted by Crippen LogP contribution is 2.26. The predicted octanol–water partition coefficient (Wildman–Crippen LogP) is 3.65. The van der Waals surface area contributed by atoms with Gasteiger partial charge < -0.3 is 15.0 Å². The van der Waals surface area contributed by atoms with Gasteiger partial charge in [-0.05, 0) is 24.6 Å². The van der Waals surface area contributed by atoms with E-state index in [9.17, 15) is 0 Å². The van der Waals surface area contributed by atoms with Crippen LogP contribution in [0.25, 0.3) is 11.2 Å². The summed E-state index contributed by atoms with van der Waals surface area (Å²) in [5, 5.41) is 8.28. The molecule has 1 aliphatic rings. The number of rotatable bonds is 5. The molecule has 1 aliphatic heterocycles. The Balaban J connectivity index is 1.57. The Morgan fingerprint density at radius 1 is 1.12 bits per heavy atom. The summed E-state index contributed by atoms with van der Waals surface area (Å²) in [4.78, 5) is 20.2. The summed E-state index contributed by atoms with van der Waals surface area (Å²) >= 11 is 6.05. The van der Waals surface area contributed by atoms with Gasteiger partial charge in [0.2, 0.25) is 5.95 Å². The number of fused-ring (bicyclic) bond motifs is 1. The molecular weight excluding hydrogens is 428 g/mol. The van der Waals surface area contributed by atoms with Crippen LogP contribution < -0.4 is 10.2 Å². The van der Waals surface area contributed by atoms with Gasteiger partial charge in [0.05, 0.1) is 19.4 Å². The third kappa shape index (κ3) is 4.39. The maximum atomic E-state index is 6.05. The van der Waals surface area contributed by atoms with Gasteiger partial charge in [-0.2, -0.15) is 15.1 Å². The number of hydrogen-bond donors (Lipinski definition) is 1. The predicted molar refractivity (Wildman–Crippen MR) is 125 cm³/mol. The maximum Gasteiger partial charge on any atom is 0.229 e. The van der Waals surface area contributed by atoms with Crippen molar-refractivity contribution in [3.05, 3.63) is 65.2 Å². The molecule has 1 aromatic carbocycles. The number of aryl methyl sites for hydroxylation is 1. The van der Waals surface area contributed by atoms with E-state index in [1.807, 2.05) is 18.2 Å². The van der Waals surface area contributed by atoms with Crippen LogP contribution in [0.4, 0.5) is 17.5 Å². The van der Waals surface area contributed by atoms with E-state index in [4.69, 9.17) is 26.3 Å². The summed E-state index contributed by atoms with van der Waals surface area (Å²) < 4.78 is 7.14. The van der Waals surface area contributed by atoms with E-state index >= 15 is 0 Å². The summed E-state index contributed by atoms with van der Waals surface area (Å²) in [6, 6.07) is 11.7. The number of imidazole rings is 1. The van der Waals surface area contributed by atoms with Crippen molar-refractivity contribution >= 4 is 46.4 Å². The standard InChI is InChI=1S/C22H21ClN8O/c1-15-3-2-4-16(11-15)13-26-31-14-25-19-20(27-17-5-6-24-18(23)12-17)28-22(29-21(19)31)30-7-9-32-10-8-30/h2-6,11-14H,7-10H2,1H3,(H,24,27,28,29)/b26-13+. The number of ether oxygens (including phenoxy) is 1. The monoisotopic (exact) mass is 448 g/mol. The molecule has 5 rings (SSSR count). The fourth-order valence-electron chi connectivity index (χ4n) is 3.45. The fourth-order valence-corrected chi connectivity index (χ4v) is 3.62. The summed E-state index contributed by atoms with van der Waals surface area (Å²) in [7, 11) is 0. The van der Waals surface area contributed by atoms with Crippen molar-refractivity contribution in [1.29, 1.82) is 0 Å². The fraction of sp³-hybridized carbons (Fsp3) is 0.227. The van der Waals surface area contributed by atoms with Crippen LogP contribution in [0, 0.1) is 6.92 Å². The minimum absolute atomic E-state index is 0.391. The van der Waals surface area contributed by atoms with Crippen molar-refractivity contribution in [2.45, 2.75) is 6.92 Å². The molecule has 4 heterocycles. The van der Waals surface area contributed by atoms with Crippen molar-refractivity contribution in [1.82, 2.24) is 24.6 Å². The van der Waals surface area contributed by atoms with Crippen molar-refractivity contribution in [3.8, 4) is 0 Å². The number of aromatic nitrogens is 5. The van der Waals surface area contributed by atoms with Gasteiger partial charge >= 0.3 is 0 Å². The van der Waals surface area contributed by atoms with Crippen LogP contribution in [0.3, 0.4) is 0 Å². The number of nitrogens with one attached hydrogen (secondary N) is 1. The van der Waals surface area contributed by atoms with Crippen LogP contribution in [0.1, 0.15) is 11.1 Å².